The van der Waals surface area contributed by atoms with Crippen LogP contribution < -0.4 is 0 Å². The van der Waals surface area contributed by atoms with Gasteiger partial charge in [0, 0.05) is 12.8 Å². The summed E-state index contributed by atoms with van der Waals surface area (Å²) in [5.74, 6) is -0.730. The fourth-order valence-electron chi connectivity index (χ4n) is 8.31. The predicted molar refractivity (Wildman–Crippen MR) is 126 cm³/mol. The largest absolute Gasteiger partial charge is 0.498 e. The van der Waals surface area contributed by atoms with Crippen molar-refractivity contribution in [3.05, 3.63) is 23.0 Å². The summed E-state index contributed by atoms with van der Waals surface area (Å²) in [7, 11) is 1.40. The van der Waals surface area contributed by atoms with Crippen LogP contribution in [-0.2, 0) is 19.1 Å². The van der Waals surface area contributed by atoms with Gasteiger partial charge in [-0.25, -0.2) is 0 Å². The first-order valence-electron chi connectivity index (χ1n) is 12.8. The van der Waals surface area contributed by atoms with E-state index in [-0.39, 0.29) is 48.6 Å². The standard InChI is InChI=1S/C27H40O7/c1-5-34-16-6-10-25(2)18-7-11-26(3)19(8-12-27(26,32)13-9-21(29)30)23(18)22(24(31)33-4)17(15-28)20(25)14-16/h14,18-19,22-23,28,32H,5-13,15H2,1-4H3,(H,29,30)/t18-,19-,22+,23+,25+,26-,27+/m0/s1. The van der Waals surface area contributed by atoms with E-state index >= 15 is 0 Å². The second kappa shape index (κ2) is 8.98. The zero-order chi connectivity index (χ0) is 24.9. The Morgan fingerprint density at radius 2 is 1.85 bits per heavy atom. The van der Waals surface area contributed by atoms with E-state index in [1.807, 2.05) is 6.92 Å². The van der Waals surface area contributed by atoms with Gasteiger partial charge in [0.2, 0.25) is 0 Å². The fraction of sp³-hybridized carbons (Fsp3) is 0.778. The summed E-state index contributed by atoms with van der Waals surface area (Å²) in [6.45, 7) is 6.65. The van der Waals surface area contributed by atoms with Gasteiger partial charge < -0.3 is 24.8 Å². The molecule has 2 saturated carbocycles. The van der Waals surface area contributed by atoms with E-state index in [9.17, 15) is 24.9 Å². The first-order chi connectivity index (χ1) is 16.1. The van der Waals surface area contributed by atoms with E-state index in [1.165, 1.54) is 7.11 Å². The average molecular weight is 477 g/mol. The van der Waals surface area contributed by atoms with E-state index < -0.39 is 22.9 Å². The molecule has 3 N–H and O–H groups in total. The molecule has 4 rings (SSSR count). The summed E-state index contributed by atoms with van der Waals surface area (Å²) in [6.07, 6.45) is 6.83. The molecule has 4 aliphatic rings. The Morgan fingerprint density at radius 3 is 2.47 bits per heavy atom. The van der Waals surface area contributed by atoms with Crippen molar-refractivity contribution in [3.63, 3.8) is 0 Å². The number of hydrogen-bond acceptors (Lipinski definition) is 6. The molecule has 4 aliphatic carbocycles. The number of aliphatic carboxylic acids is 1. The van der Waals surface area contributed by atoms with E-state index in [2.05, 4.69) is 19.9 Å². The SMILES string of the molecule is CCOC1=CC2=C(CO)[C@@H](C(=O)OC)[C@@H]3[C@H](CC[C@@]4(C)[C@H]3CC[C@@]4(O)CCC(=O)O)[C@@]2(C)CC1. The number of fused-ring (bicyclic) bond motifs is 5. The molecule has 7 heteroatoms. The molecule has 0 aromatic rings. The van der Waals surface area contributed by atoms with Gasteiger partial charge in [0.1, 0.15) is 0 Å². The maximum absolute atomic E-state index is 13.3. The fourth-order valence-corrected chi connectivity index (χ4v) is 8.31. The van der Waals surface area contributed by atoms with Crippen LogP contribution in [0.25, 0.3) is 0 Å². The van der Waals surface area contributed by atoms with Crippen LogP contribution in [-0.4, -0.2) is 53.2 Å². The molecule has 0 radical (unpaired) electrons. The molecule has 0 aromatic heterocycles. The van der Waals surface area contributed by atoms with Gasteiger partial charge in [0.15, 0.2) is 0 Å². The van der Waals surface area contributed by atoms with Crippen LogP contribution in [0.3, 0.4) is 0 Å². The van der Waals surface area contributed by atoms with Crippen molar-refractivity contribution in [1.82, 2.24) is 0 Å². The van der Waals surface area contributed by atoms with Crippen molar-refractivity contribution in [2.45, 2.75) is 77.7 Å². The molecule has 0 spiro atoms. The number of carboxylic acids is 1. The Labute approximate surface area is 202 Å². The van der Waals surface area contributed by atoms with Gasteiger partial charge in [-0.15, -0.1) is 0 Å². The maximum Gasteiger partial charge on any atom is 0.313 e. The lowest BCUT2D eigenvalue weighted by atomic mass is 9.44. The highest BCUT2D eigenvalue weighted by molar-refractivity contribution is 5.78. The number of aliphatic hydroxyl groups is 2. The lowest BCUT2D eigenvalue weighted by Crippen LogP contribution is -2.58. The van der Waals surface area contributed by atoms with E-state index in [0.717, 1.165) is 49.0 Å². The number of hydrogen-bond donors (Lipinski definition) is 3. The molecule has 0 aromatic carbocycles. The number of allylic oxidation sites excluding steroid dienone is 3. The molecule has 7 nitrogen and oxygen atoms in total. The molecule has 0 unspecified atom stereocenters. The third kappa shape index (κ3) is 3.62. The summed E-state index contributed by atoms with van der Waals surface area (Å²) < 4.78 is 11.1. The van der Waals surface area contributed by atoms with Gasteiger partial charge in [0.05, 0.1) is 37.6 Å². The first-order valence-corrected chi connectivity index (χ1v) is 12.8. The molecule has 34 heavy (non-hydrogen) atoms. The number of carbonyl (C=O) groups excluding carboxylic acids is 1. The van der Waals surface area contributed by atoms with Gasteiger partial charge in [-0.1, -0.05) is 13.8 Å². The predicted octanol–water partition coefficient (Wildman–Crippen LogP) is 3.84. The first kappa shape index (κ1) is 25.2. The maximum atomic E-state index is 13.3. The normalized spacial score (nSPS) is 41.2. The Bertz CT molecular complexity index is 907. The van der Waals surface area contributed by atoms with Gasteiger partial charge in [-0.05, 0) is 91.3 Å². The Balaban J connectivity index is 1.83. The highest BCUT2D eigenvalue weighted by Crippen LogP contribution is 2.69. The van der Waals surface area contributed by atoms with Crippen LogP contribution in [0.4, 0.5) is 0 Å². The van der Waals surface area contributed by atoms with Crippen molar-refractivity contribution in [2.75, 3.05) is 20.3 Å². The average Bonchev–Trinajstić information content (AvgIpc) is 3.08. The monoisotopic (exact) mass is 476 g/mol. The quantitative estimate of drug-likeness (QED) is 0.479. The molecule has 0 heterocycles. The van der Waals surface area contributed by atoms with Crippen molar-refractivity contribution in [1.29, 1.82) is 0 Å². The molecule has 7 atom stereocenters. The van der Waals surface area contributed by atoms with Crippen molar-refractivity contribution < 1.29 is 34.4 Å². The third-order valence-corrected chi connectivity index (χ3v) is 10.1. The minimum absolute atomic E-state index is 0.0475. The molecule has 2 fully saturated rings. The Kier molecular flexibility index (Phi) is 6.66. The van der Waals surface area contributed by atoms with Crippen LogP contribution in [0, 0.1) is 34.5 Å². The number of ether oxygens (including phenoxy) is 2. The number of methoxy groups -OCH3 is 1. The Morgan fingerprint density at radius 1 is 1.15 bits per heavy atom. The summed E-state index contributed by atoms with van der Waals surface area (Å²) in [5, 5.41) is 31.6. The van der Waals surface area contributed by atoms with Crippen LogP contribution >= 0.6 is 0 Å². The molecule has 0 aliphatic heterocycles. The number of carbonyl (C=O) groups is 2. The van der Waals surface area contributed by atoms with Crippen LogP contribution in [0.15, 0.2) is 23.0 Å². The smallest absolute Gasteiger partial charge is 0.313 e. The highest BCUT2D eigenvalue weighted by Gasteiger charge is 2.66. The highest BCUT2D eigenvalue weighted by atomic mass is 16.5. The van der Waals surface area contributed by atoms with Crippen molar-refractivity contribution in [3.8, 4) is 0 Å². The van der Waals surface area contributed by atoms with Crippen LogP contribution in [0.5, 0.6) is 0 Å². The topological polar surface area (TPSA) is 113 Å². The van der Waals surface area contributed by atoms with E-state index in [1.54, 1.807) is 0 Å². The van der Waals surface area contributed by atoms with Gasteiger partial charge in [0.25, 0.3) is 0 Å². The summed E-state index contributed by atoms with van der Waals surface area (Å²) >= 11 is 0. The number of rotatable bonds is 7. The second-order valence-corrected chi connectivity index (χ2v) is 11.3. The van der Waals surface area contributed by atoms with Gasteiger partial charge in [-0.3, -0.25) is 9.59 Å². The number of aliphatic hydroxyl groups excluding tert-OH is 1. The summed E-state index contributed by atoms with van der Waals surface area (Å²) in [5.41, 5.74) is -0.00940. The molecule has 0 saturated heterocycles. The number of esters is 1. The third-order valence-electron chi connectivity index (χ3n) is 10.1. The molecule has 190 valence electrons. The Hall–Kier alpha value is -1.86. The van der Waals surface area contributed by atoms with Crippen LogP contribution in [0.1, 0.15) is 72.1 Å². The van der Waals surface area contributed by atoms with Gasteiger partial charge in [-0.2, -0.15) is 0 Å². The van der Waals surface area contributed by atoms with Gasteiger partial charge >= 0.3 is 11.9 Å². The molecule has 0 bridgehead atoms. The molecular weight excluding hydrogens is 436 g/mol. The minimum atomic E-state index is -1.07. The summed E-state index contributed by atoms with van der Waals surface area (Å²) in [6, 6.07) is 0. The van der Waals surface area contributed by atoms with Crippen LogP contribution in [0.2, 0.25) is 0 Å². The minimum Gasteiger partial charge on any atom is -0.498 e. The van der Waals surface area contributed by atoms with Crippen molar-refractivity contribution in [2.24, 2.45) is 34.5 Å². The van der Waals surface area contributed by atoms with E-state index in [0.29, 0.717) is 13.0 Å². The second-order valence-electron chi connectivity index (χ2n) is 11.3. The molecular formula is C27H40O7. The lowest BCUT2D eigenvalue weighted by Gasteiger charge is -2.60. The summed E-state index contributed by atoms with van der Waals surface area (Å²) in [4.78, 5) is 24.6. The van der Waals surface area contributed by atoms with E-state index in [4.69, 9.17) is 9.47 Å². The molecule has 0 amide bonds. The van der Waals surface area contributed by atoms with Crippen molar-refractivity contribution >= 4 is 11.9 Å². The lowest BCUT2D eigenvalue weighted by molar-refractivity contribution is -0.163. The number of carboxylic acid groups (broad SMARTS) is 1. The zero-order valence-electron chi connectivity index (χ0n) is 20.9. The zero-order valence-corrected chi connectivity index (χ0v) is 20.9.